The van der Waals surface area contributed by atoms with E-state index in [2.05, 4.69) is 29.2 Å². The molecule has 2 aliphatic heterocycles. The Kier molecular flexibility index (Phi) is 4.28. The van der Waals surface area contributed by atoms with E-state index < -0.39 is 5.79 Å². The van der Waals surface area contributed by atoms with Gasteiger partial charge in [0, 0.05) is 47.3 Å². The fraction of sp³-hybridized carbons (Fsp3) is 0.524. The van der Waals surface area contributed by atoms with E-state index in [1.54, 1.807) is 11.3 Å². The lowest BCUT2D eigenvalue weighted by Crippen LogP contribution is -2.54. The molecule has 5 rings (SSSR count). The summed E-state index contributed by atoms with van der Waals surface area (Å²) in [7, 11) is 0. The largest absolute Gasteiger partial charge is 0.462 e. The normalized spacial score (nSPS) is 22.7. The zero-order chi connectivity index (χ0) is 17.6. The second-order valence-corrected chi connectivity index (χ2v) is 8.84. The van der Waals surface area contributed by atoms with Crippen molar-refractivity contribution in [3.05, 3.63) is 40.8 Å². The van der Waals surface area contributed by atoms with Crippen LogP contribution in [0.3, 0.4) is 0 Å². The Morgan fingerprint density at radius 3 is 2.69 bits per heavy atom. The van der Waals surface area contributed by atoms with Gasteiger partial charge in [-0.3, -0.25) is 4.90 Å². The first kappa shape index (κ1) is 16.8. The molecule has 0 bridgehead atoms. The number of nitrogens with zero attached hydrogens (tertiary/aromatic N) is 1. The van der Waals surface area contributed by atoms with Crippen LogP contribution in [-0.2, 0) is 18.0 Å². The van der Waals surface area contributed by atoms with Crippen LogP contribution in [0.15, 0.2) is 30.3 Å². The van der Waals surface area contributed by atoms with E-state index in [9.17, 15) is 5.11 Å². The second-order valence-electron chi connectivity index (χ2n) is 7.67. The molecule has 4 nitrogen and oxygen atoms in total. The number of ether oxygens (including phenoxy) is 2. The molecule has 3 aliphatic rings. The molecule has 0 atom stereocenters. The van der Waals surface area contributed by atoms with Crippen LogP contribution in [0.1, 0.15) is 42.5 Å². The summed E-state index contributed by atoms with van der Waals surface area (Å²) in [6.45, 7) is 2.88. The SMILES string of the molecule is OCc1ccc(-c2ccc3c(c2)COC2(CCN(C4CCC4)CC2)O3)s1. The van der Waals surface area contributed by atoms with Gasteiger partial charge in [-0.1, -0.05) is 6.42 Å². The third-order valence-corrected chi connectivity index (χ3v) is 7.22. The molecule has 138 valence electrons. The van der Waals surface area contributed by atoms with Crippen LogP contribution < -0.4 is 4.74 Å². The van der Waals surface area contributed by atoms with Crippen LogP contribution in [0.25, 0.3) is 10.4 Å². The monoisotopic (exact) mass is 371 g/mol. The van der Waals surface area contributed by atoms with Gasteiger partial charge in [-0.15, -0.1) is 11.3 Å². The Hall–Kier alpha value is -1.40. The van der Waals surface area contributed by atoms with E-state index in [0.29, 0.717) is 6.61 Å². The van der Waals surface area contributed by atoms with E-state index in [1.807, 2.05) is 6.07 Å². The highest BCUT2D eigenvalue weighted by atomic mass is 32.1. The van der Waals surface area contributed by atoms with Crippen molar-refractivity contribution in [3.8, 4) is 16.2 Å². The van der Waals surface area contributed by atoms with E-state index >= 15 is 0 Å². The lowest BCUT2D eigenvalue weighted by molar-refractivity contribution is -0.231. The molecule has 1 aromatic heterocycles. The fourth-order valence-corrected chi connectivity index (χ4v) is 5.09. The Morgan fingerprint density at radius 1 is 1.15 bits per heavy atom. The van der Waals surface area contributed by atoms with Crippen molar-refractivity contribution in [2.75, 3.05) is 13.1 Å². The number of aliphatic hydroxyl groups excluding tert-OH is 1. The third-order valence-electron chi connectivity index (χ3n) is 6.10. The Labute approximate surface area is 158 Å². The first-order chi connectivity index (χ1) is 12.7. The minimum atomic E-state index is -0.429. The van der Waals surface area contributed by atoms with Crippen LogP contribution in [0, 0.1) is 0 Å². The van der Waals surface area contributed by atoms with Gasteiger partial charge in [-0.05, 0) is 48.7 Å². The molecule has 1 N–H and O–H groups in total. The zero-order valence-corrected chi connectivity index (χ0v) is 15.8. The van der Waals surface area contributed by atoms with Gasteiger partial charge in [0.15, 0.2) is 0 Å². The van der Waals surface area contributed by atoms with Crippen molar-refractivity contribution in [2.45, 2.75) is 57.1 Å². The zero-order valence-electron chi connectivity index (χ0n) is 14.9. The van der Waals surface area contributed by atoms with Crippen molar-refractivity contribution in [2.24, 2.45) is 0 Å². The minimum Gasteiger partial charge on any atom is -0.462 e. The van der Waals surface area contributed by atoms with Gasteiger partial charge in [0.05, 0.1) is 13.2 Å². The molecule has 1 aliphatic carbocycles. The number of piperidine rings is 1. The number of rotatable bonds is 3. The highest BCUT2D eigenvalue weighted by Crippen LogP contribution is 2.41. The molecule has 1 spiro atoms. The van der Waals surface area contributed by atoms with Gasteiger partial charge in [0.1, 0.15) is 5.75 Å². The predicted molar refractivity (Wildman–Crippen MR) is 102 cm³/mol. The highest BCUT2D eigenvalue weighted by Gasteiger charge is 2.42. The standard InChI is InChI=1S/C21H25NO3S/c23-13-18-5-7-20(26-18)15-4-6-19-16(12-15)14-24-21(25-19)8-10-22(11-9-21)17-2-1-3-17/h4-7,12,17,23H,1-3,8-11,13-14H2. The third kappa shape index (κ3) is 2.97. The van der Waals surface area contributed by atoms with E-state index in [1.165, 1.54) is 24.1 Å². The number of fused-ring (bicyclic) bond motifs is 1. The van der Waals surface area contributed by atoms with Crippen molar-refractivity contribution in [1.82, 2.24) is 4.90 Å². The molecule has 2 fully saturated rings. The van der Waals surface area contributed by atoms with Crippen molar-refractivity contribution < 1.29 is 14.6 Å². The Balaban J connectivity index is 1.30. The quantitative estimate of drug-likeness (QED) is 0.880. The molecule has 0 unspecified atom stereocenters. The Morgan fingerprint density at radius 2 is 2.00 bits per heavy atom. The molecule has 5 heteroatoms. The summed E-state index contributed by atoms with van der Waals surface area (Å²) in [5, 5.41) is 9.27. The number of likely N-dealkylation sites (tertiary alicyclic amines) is 1. The predicted octanol–water partition coefficient (Wildman–Crippen LogP) is 4.16. The smallest absolute Gasteiger partial charge is 0.213 e. The molecular formula is C21H25NO3S. The first-order valence-corrected chi connectivity index (χ1v) is 10.5. The average molecular weight is 372 g/mol. The van der Waals surface area contributed by atoms with Crippen LogP contribution in [-0.4, -0.2) is 34.9 Å². The van der Waals surface area contributed by atoms with Gasteiger partial charge in [-0.25, -0.2) is 0 Å². The Bertz CT molecular complexity index is 790. The maximum atomic E-state index is 9.27. The summed E-state index contributed by atoms with van der Waals surface area (Å²) >= 11 is 1.63. The molecule has 1 saturated carbocycles. The van der Waals surface area contributed by atoms with Crippen molar-refractivity contribution in [1.29, 1.82) is 0 Å². The molecule has 1 saturated heterocycles. The number of hydrogen-bond donors (Lipinski definition) is 1. The van der Waals surface area contributed by atoms with Gasteiger partial charge < -0.3 is 14.6 Å². The van der Waals surface area contributed by atoms with Gasteiger partial charge in [0.25, 0.3) is 0 Å². The van der Waals surface area contributed by atoms with Crippen LogP contribution in [0.2, 0.25) is 0 Å². The molecular weight excluding hydrogens is 346 g/mol. The number of hydrogen-bond acceptors (Lipinski definition) is 5. The van der Waals surface area contributed by atoms with E-state index in [4.69, 9.17) is 9.47 Å². The van der Waals surface area contributed by atoms with Crippen molar-refractivity contribution >= 4 is 11.3 Å². The van der Waals surface area contributed by atoms with Gasteiger partial charge >= 0.3 is 0 Å². The summed E-state index contributed by atoms with van der Waals surface area (Å²) in [5.41, 5.74) is 2.28. The number of aliphatic hydroxyl groups is 1. The van der Waals surface area contributed by atoms with Crippen molar-refractivity contribution in [3.63, 3.8) is 0 Å². The second kappa shape index (κ2) is 6.64. The molecule has 2 aromatic rings. The summed E-state index contributed by atoms with van der Waals surface area (Å²) < 4.78 is 12.6. The summed E-state index contributed by atoms with van der Waals surface area (Å²) in [5.74, 6) is 0.540. The number of thiophene rings is 1. The fourth-order valence-electron chi connectivity index (χ4n) is 4.23. The first-order valence-electron chi connectivity index (χ1n) is 9.65. The van der Waals surface area contributed by atoms with E-state index in [-0.39, 0.29) is 6.61 Å². The lowest BCUT2D eigenvalue weighted by Gasteiger charge is -2.47. The maximum Gasteiger partial charge on any atom is 0.213 e. The topological polar surface area (TPSA) is 41.9 Å². The minimum absolute atomic E-state index is 0.0994. The average Bonchev–Trinajstić information content (AvgIpc) is 3.11. The summed E-state index contributed by atoms with van der Waals surface area (Å²) in [6, 6.07) is 11.2. The molecule has 26 heavy (non-hydrogen) atoms. The summed E-state index contributed by atoms with van der Waals surface area (Å²) in [6.07, 6.45) is 6.02. The van der Waals surface area contributed by atoms with Crippen LogP contribution in [0.5, 0.6) is 5.75 Å². The number of benzene rings is 1. The van der Waals surface area contributed by atoms with E-state index in [0.717, 1.165) is 53.7 Å². The molecule has 0 amide bonds. The van der Waals surface area contributed by atoms with Gasteiger partial charge in [-0.2, -0.15) is 0 Å². The lowest BCUT2D eigenvalue weighted by atomic mass is 9.89. The molecule has 3 heterocycles. The van der Waals surface area contributed by atoms with Crippen LogP contribution in [0.4, 0.5) is 0 Å². The van der Waals surface area contributed by atoms with Crippen LogP contribution >= 0.6 is 11.3 Å². The summed E-state index contributed by atoms with van der Waals surface area (Å²) in [4.78, 5) is 4.78. The molecule has 0 radical (unpaired) electrons. The van der Waals surface area contributed by atoms with Gasteiger partial charge in [0.2, 0.25) is 5.79 Å². The maximum absolute atomic E-state index is 9.27. The highest BCUT2D eigenvalue weighted by molar-refractivity contribution is 7.15. The molecule has 1 aromatic carbocycles.